The van der Waals surface area contributed by atoms with Crippen LogP contribution in [0, 0.1) is 0 Å². The number of aromatic hydroxyl groups is 1. The van der Waals surface area contributed by atoms with Gasteiger partial charge in [0.2, 0.25) is 0 Å². The molecular weight excluding hydrogens is 190 g/mol. The van der Waals surface area contributed by atoms with E-state index in [-0.39, 0.29) is 5.75 Å². The molecule has 0 amide bonds. The van der Waals surface area contributed by atoms with Crippen molar-refractivity contribution in [2.24, 2.45) is 4.99 Å². The molecule has 1 aliphatic heterocycles. The first kappa shape index (κ1) is 8.29. The maximum atomic E-state index is 9.68. The number of phenols is 1. The van der Waals surface area contributed by atoms with E-state index in [0.29, 0.717) is 6.61 Å². The Bertz CT molecular complexity index is 561. The van der Waals surface area contributed by atoms with E-state index in [1.165, 1.54) is 0 Å². The molecule has 0 aromatic heterocycles. The standard InChI is InChI=1S/C12H9NO2/c14-11-3-1-2-8-6-10-12(7-9(8)11)15-5-4-13-10/h1-4,6-7,14H,5H2. The molecule has 0 saturated carbocycles. The van der Waals surface area contributed by atoms with Crippen LogP contribution in [0.4, 0.5) is 5.69 Å². The zero-order valence-electron chi connectivity index (χ0n) is 7.97. The molecule has 1 aliphatic rings. The monoisotopic (exact) mass is 199 g/mol. The van der Waals surface area contributed by atoms with Crippen LogP contribution in [0.3, 0.4) is 0 Å². The number of hydrogen-bond acceptors (Lipinski definition) is 3. The highest BCUT2D eigenvalue weighted by Gasteiger charge is 2.09. The van der Waals surface area contributed by atoms with Gasteiger partial charge in [0.05, 0.1) is 0 Å². The molecule has 0 atom stereocenters. The smallest absolute Gasteiger partial charge is 0.146 e. The molecule has 0 bridgehead atoms. The predicted octanol–water partition coefficient (Wildman–Crippen LogP) is 2.64. The van der Waals surface area contributed by atoms with Crippen molar-refractivity contribution in [3.8, 4) is 11.5 Å². The fraction of sp³-hybridized carbons (Fsp3) is 0.0833. The van der Waals surface area contributed by atoms with Crippen LogP contribution in [-0.4, -0.2) is 17.9 Å². The lowest BCUT2D eigenvalue weighted by atomic mass is 10.1. The second-order valence-electron chi connectivity index (χ2n) is 3.44. The van der Waals surface area contributed by atoms with Crippen LogP contribution in [0.15, 0.2) is 35.3 Å². The molecule has 0 radical (unpaired) electrons. The minimum atomic E-state index is 0.272. The number of nitrogens with zero attached hydrogens (tertiary/aromatic N) is 1. The Morgan fingerprint density at radius 3 is 3.13 bits per heavy atom. The van der Waals surface area contributed by atoms with Gasteiger partial charge in [0.15, 0.2) is 0 Å². The summed E-state index contributed by atoms with van der Waals surface area (Å²) in [7, 11) is 0. The lowest BCUT2D eigenvalue weighted by Crippen LogP contribution is -2.02. The van der Waals surface area contributed by atoms with E-state index in [0.717, 1.165) is 22.2 Å². The summed E-state index contributed by atoms with van der Waals surface area (Å²) in [6.07, 6.45) is 1.73. The van der Waals surface area contributed by atoms with E-state index < -0.39 is 0 Å². The molecule has 0 saturated heterocycles. The van der Waals surface area contributed by atoms with E-state index >= 15 is 0 Å². The van der Waals surface area contributed by atoms with E-state index in [1.54, 1.807) is 12.3 Å². The molecule has 15 heavy (non-hydrogen) atoms. The maximum Gasteiger partial charge on any atom is 0.146 e. The number of phenolic OH excluding ortho intramolecular Hbond substituents is 1. The quantitative estimate of drug-likeness (QED) is 0.708. The summed E-state index contributed by atoms with van der Waals surface area (Å²) in [6, 6.07) is 9.17. The summed E-state index contributed by atoms with van der Waals surface area (Å²) in [5.41, 5.74) is 0.819. The Kier molecular flexibility index (Phi) is 1.65. The van der Waals surface area contributed by atoms with Gasteiger partial charge in [-0.25, -0.2) is 0 Å². The van der Waals surface area contributed by atoms with Gasteiger partial charge in [0, 0.05) is 11.6 Å². The van der Waals surface area contributed by atoms with E-state index in [1.807, 2.05) is 24.3 Å². The number of ether oxygens (including phenoxy) is 1. The third-order valence-electron chi connectivity index (χ3n) is 2.48. The van der Waals surface area contributed by atoms with Crippen molar-refractivity contribution < 1.29 is 9.84 Å². The Balaban J connectivity index is 2.37. The highest BCUT2D eigenvalue weighted by Crippen LogP contribution is 2.37. The van der Waals surface area contributed by atoms with Gasteiger partial charge in [-0.05, 0) is 23.6 Å². The SMILES string of the molecule is Oc1cccc2cc3c(cc12)OCC=N3. The summed E-state index contributed by atoms with van der Waals surface area (Å²) in [4.78, 5) is 4.24. The Hall–Kier alpha value is -2.03. The minimum Gasteiger partial charge on any atom is -0.507 e. The first-order valence-corrected chi connectivity index (χ1v) is 4.76. The maximum absolute atomic E-state index is 9.68. The zero-order valence-corrected chi connectivity index (χ0v) is 7.97. The van der Waals surface area contributed by atoms with E-state index in [4.69, 9.17) is 4.74 Å². The molecule has 74 valence electrons. The summed E-state index contributed by atoms with van der Waals surface area (Å²) in [5, 5.41) is 11.4. The van der Waals surface area contributed by atoms with Crippen molar-refractivity contribution in [3.63, 3.8) is 0 Å². The highest BCUT2D eigenvalue weighted by molar-refractivity contribution is 5.93. The molecule has 3 heteroatoms. The van der Waals surface area contributed by atoms with Crippen LogP contribution < -0.4 is 4.74 Å². The Labute approximate surface area is 86.6 Å². The van der Waals surface area contributed by atoms with Gasteiger partial charge >= 0.3 is 0 Å². The van der Waals surface area contributed by atoms with Crippen LogP contribution in [-0.2, 0) is 0 Å². The van der Waals surface area contributed by atoms with Gasteiger partial charge in [-0.15, -0.1) is 0 Å². The van der Waals surface area contributed by atoms with Gasteiger partial charge < -0.3 is 9.84 Å². The summed E-state index contributed by atoms with van der Waals surface area (Å²) < 4.78 is 5.43. The molecular formula is C12H9NO2. The number of benzene rings is 2. The number of hydrogen-bond donors (Lipinski definition) is 1. The third kappa shape index (κ3) is 1.24. The molecule has 0 unspecified atom stereocenters. The Morgan fingerprint density at radius 2 is 2.20 bits per heavy atom. The first-order chi connectivity index (χ1) is 7.34. The average Bonchev–Trinajstić information content (AvgIpc) is 2.27. The zero-order chi connectivity index (χ0) is 10.3. The van der Waals surface area contributed by atoms with Crippen LogP contribution in [0.1, 0.15) is 0 Å². The number of aliphatic imine (C=N–C) groups is 1. The molecule has 0 aliphatic carbocycles. The number of fused-ring (bicyclic) bond motifs is 2. The molecule has 0 spiro atoms. The minimum absolute atomic E-state index is 0.272. The van der Waals surface area contributed by atoms with Crippen molar-refractivity contribution in [1.82, 2.24) is 0 Å². The van der Waals surface area contributed by atoms with Crippen LogP contribution >= 0.6 is 0 Å². The fourth-order valence-electron chi connectivity index (χ4n) is 1.76. The second-order valence-corrected chi connectivity index (χ2v) is 3.44. The molecule has 1 heterocycles. The highest BCUT2D eigenvalue weighted by atomic mass is 16.5. The van der Waals surface area contributed by atoms with Crippen LogP contribution in [0.25, 0.3) is 10.8 Å². The lowest BCUT2D eigenvalue weighted by Gasteiger charge is -2.12. The van der Waals surface area contributed by atoms with Gasteiger partial charge in [-0.2, -0.15) is 0 Å². The number of rotatable bonds is 0. The van der Waals surface area contributed by atoms with Crippen molar-refractivity contribution in [2.45, 2.75) is 0 Å². The molecule has 1 N–H and O–H groups in total. The predicted molar refractivity (Wildman–Crippen MR) is 59.3 cm³/mol. The summed E-state index contributed by atoms with van der Waals surface area (Å²) in [6.45, 7) is 0.492. The van der Waals surface area contributed by atoms with Gasteiger partial charge in [0.25, 0.3) is 0 Å². The van der Waals surface area contributed by atoms with E-state index in [9.17, 15) is 5.11 Å². The van der Waals surface area contributed by atoms with Gasteiger partial charge in [-0.1, -0.05) is 12.1 Å². The largest absolute Gasteiger partial charge is 0.507 e. The topological polar surface area (TPSA) is 41.8 Å². The molecule has 2 aromatic rings. The lowest BCUT2D eigenvalue weighted by molar-refractivity contribution is 0.377. The van der Waals surface area contributed by atoms with Crippen molar-refractivity contribution in [2.75, 3.05) is 6.61 Å². The van der Waals surface area contributed by atoms with Gasteiger partial charge in [-0.3, -0.25) is 4.99 Å². The van der Waals surface area contributed by atoms with E-state index in [2.05, 4.69) is 4.99 Å². The molecule has 3 rings (SSSR count). The Morgan fingerprint density at radius 1 is 1.27 bits per heavy atom. The fourth-order valence-corrected chi connectivity index (χ4v) is 1.76. The first-order valence-electron chi connectivity index (χ1n) is 4.76. The van der Waals surface area contributed by atoms with Crippen molar-refractivity contribution >= 4 is 22.7 Å². The van der Waals surface area contributed by atoms with Crippen LogP contribution in [0.5, 0.6) is 11.5 Å². The van der Waals surface area contributed by atoms with Gasteiger partial charge in [0.1, 0.15) is 23.8 Å². The average molecular weight is 199 g/mol. The summed E-state index contributed by atoms with van der Waals surface area (Å²) >= 11 is 0. The molecule has 0 fully saturated rings. The van der Waals surface area contributed by atoms with Crippen molar-refractivity contribution in [3.05, 3.63) is 30.3 Å². The van der Waals surface area contributed by atoms with Crippen molar-refractivity contribution in [1.29, 1.82) is 0 Å². The molecule has 2 aromatic carbocycles. The molecule has 3 nitrogen and oxygen atoms in total. The second kappa shape index (κ2) is 2.98. The third-order valence-corrected chi connectivity index (χ3v) is 2.48. The van der Waals surface area contributed by atoms with Crippen LogP contribution in [0.2, 0.25) is 0 Å². The normalized spacial score (nSPS) is 13.6. The summed E-state index contributed by atoms with van der Waals surface area (Å²) in [5.74, 6) is 1.000.